The molecule has 0 radical (unpaired) electrons. The average molecular weight is 618 g/mol. The summed E-state index contributed by atoms with van der Waals surface area (Å²) in [5, 5.41) is 11.5. The molecule has 1 N–H and O–H groups in total. The van der Waals surface area contributed by atoms with Crippen LogP contribution in [-0.4, -0.2) is 88.8 Å². The minimum absolute atomic E-state index is 0.0711. The summed E-state index contributed by atoms with van der Waals surface area (Å²) in [5.74, 6) is 1.08. The zero-order valence-electron chi connectivity index (χ0n) is 24.5. The molecule has 3 saturated heterocycles. The Morgan fingerprint density at radius 2 is 2.02 bits per heavy atom. The molecule has 0 spiro atoms. The van der Waals surface area contributed by atoms with Crippen molar-refractivity contribution >= 4 is 27.5 Å². The Morgan fingerprint density at radius 1 is 1.16 bits per heavy atom. The summed E-state index contributed by atoms with van der Waals surface area (Å²) in [4.78, 5) is 17.8. The second-order valence-electron chi connectivity index (χ2n) is 12.4. The standard InChI is InChI=1S/C33H30F3N5O4/c1-3-20-22(35)6-5-17-11-19(42)12-21(25(17)20)28-27(36)29-26-30(40(2)15-24-23(7-10-43-24)45-31(26)37-28)39-32(38-29)44-16-33-8-4-9-41(33)14-18(34)13-33/h1,5-6,11-12,18,23-24,42H,4,7-10,13-16H2,2H3/t18-,23?,24?,33+/m1/s1. The van der Waals surface area contributed by atoms with Gasteiger partial charge in [-0.25, -0.2) is 18.2 Å². The van der Waals surface area contributed by atoms with Crippen LogP contribution in [-0.2, 0) is 4.74 Å². The van der Waals surface area contributed by atoms with E-state index in [-0.39, 0.29) is 69.6 Å². The highest BCUT2D eigenvalue weighted by Crippen LogP contribution is 2.44. The van der Waals surface area contributed by atoms with Gasteiger partial charge < -0.3 is 24.2 Å². The Bertz CT molecular complexity index is 1920. The fourth-order valence-electron chi connectivity index (χ4n) is 7.54. The third-order valence-corrected chi connectivity index (χ3v) is 9.62. The van der Waals surface area contributed by atoms with Gasteiger partial charge in [0.1, 0.15) is 59.0 Å². The van der Waals surface area contributed by atoms with Gasteiger partial charge in [-0.2, -0.15) is 9.97 Å². The van der Waals surface area contributed by atoms with Crippen LogP contribution in [0.2, 0.25) is 0 Å². The number of terminal acetylenes is 1. The van der Waals surface area contributed by atoms with Crippen LogP contribution in [0.5, 0.6) is 17.6 Å². The number of fused-ring (bicyclic) bond motifs is 3. The van der Waals surface area contributed by atoms with Gasteiger partial charge in [-0.05, 0) is 43.0 Å². The van der Waals surface area contributed by atoms with Crippen LogP contribution in [0.4, 0.5) is 19.0 Å². The molecule has 232 valence electrons. The minimum atomic E-state index is -0.939. The van der Waals surface area contributed by atoms with Gasteiger partial charge in [-0.1, -0.05) is 12.0 Å². The van der Waals surface area contributed by atoms with Gasteiger partial charge in [0, 0.05) is 43.9 Å². The number of halogens is 3. The maximum absolute atomic E-state index is 16.9. The number of anilines is 1. The number of aromatic nitrogens is 3. The Morgan fingerprint density at radius 3 is 2.87 bits per heavy atom. The van der Waals surface area contributed by atoms with E-state index in [9.17, 15) is 13.9 Å². The molecule has 4 aliphatic rings. The highest BCUT2D eigenvalue weighted by Gasteiger charge is 2.49. The number of nitrogens with zero attached hydrogens (tertiary/aromatic N) is 5. The Hall–Kier alpha value is -4.34. The normalized spacial score (nSPS) is 25.9. The molecule has 6 heterocycles. The van der Waals surface area contributed by atoms with Gasteiger partial charge in [0.15, 0.2) is 5.82 Å². The van der Waals surface area contributed by atoms with Crippen LogP contribution in [0, 0.1) is 24.0 Å². The third kappa shape index (κ3) is 4.43. The molecule has 3 fully saturated rings. The number of ether oxygens (including phenoxy) is 3. The molecule has 4 aliphatic heterocycles. The summed E-state index contributed by atoms with van der Waals surface area (Å²) in [7, 11) is 1.82. The van der Waals surface area contributed by atoms with Crippen LogP contribution in [0.3, 0.4) is 0 Å². The van der Waals surface area contributed by atoms with Gasteiger partial charge >= 0.3 is 6.01 Å². The van der Waals surface area contributed by atoms with E-state index >= 15 is 4.39 Å². The SMILES string of the molecule is C#Cc1c(F)ccc2cc(O)cc(-c3nc4c5c(nc(OC[C@@]67CCCN6C[C@H](F)C7)nc5c3F)N(C)CC3OCCC3O4)c12. The lowest BCUT2D eigenvalue weighted by molar-refractivity contribution is 0.0569. The van der Waals surface area contributed by atoms with E-state index in [1.165, 1.54) is 24.3 Å². The highest BCUT2D eigenvalue weighted by molar-refractivity contribution is 6.04. The predicted octanol–water partition coefficient (Wildman–Crippen LogP) is 4.75. The van der Waals surface area contributed by atoms with E-state index in [4.69, 9.17) is 20.6 Å². The van der Waals surface area contributed by atoms with Crippen molar-refractivity contribution in [1.82, 2.24) is 19.9 Å². The van der Waals surface area contributed by atoms with Crippen LogP contribution in [0.25, 0.3) is 32.9 Å². The zero-order valence-corrected chi connectivity index (χ0v) is 24.5. The van der Waals surface area contributed by atoms with E-state index in [1.54, 1.807) is 0 Å². The number of aromatic hydroxyl groups is 1. The number of phenolic OH excluding ortho intramolecular Hbond substituents is 1. The number of hydrogen-bond acceptors (Lipinski definition) is 9. The first-order valence-electron chi connectivity index (χ1n) is 15.1. The van der Waals surface area contributed by atoms with Crippen molar-refractivity contribution in [2.75, 3.05) is 44.8 Å². The summed E-state index contributed by atoms with van der Waals surface area (Å²) < 4.78 is 64.8. The van der Waals surface area contributed by atoms with Crippen molar-refractivity contribution in [2.24, 2.45) is 0 Å². The smallest absolute Gasteiger partial charge is 0.319 e. The van der Waals surface area contributed by atoms with Gasteiger partial charge in [-0.15, -0.1) is 6.42 Å². The summed E-state index contributed by atoms with van der Waals surface area (Å²) in [6.45, 7) is 2.21. The van der Waals surface area contributed by atoms with Crippen LogP contribution in [0.1, 0.15) is 31.2 Å². The molecule has 2 aromatic carbocycles. The summed E-state index contributed by atoms with van der Waals surface area (Å²) >= 11 is 0. The number of likely N-dealkylation sites (N-methyl/N-ethyl adjacent to an activating group) is 1. The molecule has 4 aromatic rings. The van der Waals surface area contributed by atoms with Crippen molar-refractivity contribution in [3.63, 3.8) is 0 Å². The van der Waals surface area contributed by atoms with Crippen LogP contribution >= 0.6 is 0 Å². The van der Waals surface area contributed by atoms with E-state index in [2.05, 4.69) is 25.8 Å². The molecule has 8 rings (SSSR count). The maximum atomic E-state index is 16.9. The lowest BCUT2D eigenvalue weighted by Gasteiger charge is -2.32. The first-order chi connectivity index (χ1) is 21.7. The van der Waals surface area contributed by atoms with Crippen molar-refractivity contribution in [3.8, 4) is 41.2 Å². The number of rotatable bonds is 4. The molecular formula is C33H30F3N5O4. The fourth-order valence-corrected chi connectivity index (χ4v) is 7.54. The van der Waals surface area contributed by atoms with Crippen molar-refractivity contribution < 1.29 is 32.5 Å². The molecule has 0 saturated carbocycles. The molecular weight excluding hydrogens is 587 g/mol. The zero-order chi connectivity index (χ0) is 31.0. The van der Waals surface area contributed by atoms with Gasteiger partial charge in [0.25, 0.3) is 0 Å². The fraction of sp³-hybridized carbons (Fsp3) is 0.424. The maximum Gasteiger partial charge on any atom is 0.319 e. The molecule has 0 amide bonds. The van der Waals surface area contributed by atoms with Gasteiger partial charge in [-0.3, -0.25) is 4.90 Å². The van der Waals surface area contributed by atoms with Gasteiger partial charge in [0.05, 0.1) is 17.7 Å². The molecule has 0 aliphatic carbocycles. The Kier molecular flexibility index (Phi) is 6.48. The van der Waals surface area contributed by atoms with Crippen LogP contribution < -0.4 is 14.4 Å². The van der Waals surface area contributed by atoms with E-state index in [1.807, 2.05) is 11.9 Å². The second-order valence-corrected chi connectivity index (χ2v) is 12.4. The van der Waals surface area contributed by atoms with Gasteiger partial charge in [0.2, 0.25) is 5.88 Å². The summed E-state index contributed by atoms with van der Waals surface area (Å²) in [6.07, 6.45) is 6.77. The number of alkyl halides is 1. The molecule has 45 heavy (non-hydrogen) atoms. The average Bonchev–Trinajstić information content (AvgIpc) is 3.70. The largest absolute Gasteiger partial charge is 0.508 e. The Balaban J connectivity index is 1.34. The molecule has 9 nitrogen and oxygen atoms in total. The van der Waals surface area contributed by atoms with Crippen LogP contribution in [0.15, 0.2) is 24.3 Å². The predicted molar refractivity (Wildman–Crippen MR) is 160 cm³/mol. The molecule has 0 bridgehead atoms. The monoisotopic (exact) mass is 617 g/mol. The second kappa shape index (κ2) is 10.4. The molecule has 4 atom stereocenters. The first-order valence-corrected chi connectivity index (χ1v) is 15.1. The number of hydrogen-bond donors (Lipinski definition) is 1. The van der Waals surface area contributed by atoms with Crippen molar-refractivity contribution in [3.05, 3.63) is 41.5 Å². The Labute approximate surface area is 256 Å². The number of benzene rings is 2. The van der Waals surface area contributed by atoms with E-state index in [0.29, 0.717) is 43.7 Å². The number of phenols is 1. The van der Waals surface area contributed by atoms with Crippen molar-refractivity contribution in [2.45, 2.75) is 49.6 Å². The topological polar surface area (TPSA) is 93.1 Å². The highest BCUT2D eigenvalue weighted by atomic mass is 19.1. The molecule has 2 unspecified atom stereocenters. The van der Waals surface area contributed by atoms with E-state index < -0.39 is 23.3 Å². The summed E-state index contributed by atoms with van der Waals surface area (Å²) in [5.41, 5.74) is -0.829. The lowest BCUT2D eigenvalue weighted by Crippen LogP contribution is -2.43. The lowest BCUT2D eigenvalue weighted by atomic mass is 9.95. The first kappa shape index (κ1) is 28.2. The van der Waals surface area contributed by atoms with E-state index in [0.717, 1.165) is 19.4 Å². The summed E-state index contributed by atoms with van der Waals surface area (Å²) in [6, 6.07) is 5.30. The molecule has 12 heteroatoms. The molecule has 2 aromatic heterocycles. The van der Waals surface area contributed by atoms with Crippen molar-refractivity contribution in [1.29, 1.82) is 0 Å². The third-order valence-electron chi connectivity index (χ3n) is 9.62. The quantitative estimate of drug-likeness (QED) is 0.326. The number of pyridine rings is 1. The minimum Gasteiger partial charge on any atom is -0.508 e.